The zero-order chi connectivity index (χ0) is 39.0. The first-order chi connectivity index (χ1) is 26.6. The number of halogens is 3. The first kappa shape index (κ1) is 43.8. The maximum absolute atomic E-state index is 12.6. The van der Waals surface area contributed by atoms with Gasteiger partial charge in [-0.15, -0.1) is 12.4 Å². The van der Waals surface area contributed by atoms with Crippen molar-refractivity contribution >= 4 is 41.7 Å². The number of likely N-dealkylation sites (tertiary alicyclic amines) is 3. The molecule has 4 aromatic rings. The Morgan fingerprint density at radius 2 is 1.20 bits per heavy atom. The number of nitrogens with one attached hydrogen (secondary N) is 1. The molecule has 9 nitrogen and oxygen atoms in total. The van der Waals surface area contributed by atoms with Crippen LogP contribution in [0.2, 0.25) is 10.0 Å². The van der Waals surface area contributed by atoms with E-state index in [-0.39, 0.29) is 30.6 Å². The van der Waals surface area contributed by atoms with E-state index in [0.29, 0.717) is 11.8 Å². The van der Waals surface area contributed by atoms with Crippen molar-refractivity contribution < 1.29 is 14.6 Å². The van der Waals surface area contributed by atoms with Crippen LogP contribution in [-0.2, 0) is 4.74 Å². The van der Waals surface area contributed by atoms with Gasteiger partial charge >= 0.3 is 6.09 Å². The van der Waals surface area contributed by atoms with Gasteiger partial charge in [0.25, 0.3) is 0 Å². The predicted molar refractivity (Wildman–Crippen MR) is 227 cm³/mol. The van der Waals surface area contributed by atoms with Gasteiger partial charge in [0.05, 0.1) is 23.5 Å². The molecule has 2 aromatic heterocycles. The predicted octanol–water partition coefficient (Wildman–Crippen LogP) is 8.41. The molecular formula is C44H57Cl3N6O3. The van der Waals surface area contributed by atoms with Crippen molar-refractivity contribution in [3.05, 3.63) is 130 Å². The van der Waals surface area contributed by atoms with Crippen molar-refractivity contribution in [2.75, 3.05) is 59.5 Å². The van der Waals surface area contributed by atoms with Crippen LogP contribution in [0.4, 0.5) is 4.79 Å². The van der Waals surface area contributed by atoms with Gasteiger partial charge in [-0.2, -0.15) is 0 Å². The fourth-order valence-electron chi connectivity index (χ4n) is 8.73. The number of benzene rings is 2. The molecule has 2 aromatic carbocycles. The number of ether oxygens (including phenoxy) is 1. The molecule has 0 spiro atoms. The Morgan fingerprint density at radius 3 is 1.66 bits per heavy atom. The molecule has 0 saturated carbocycles. The summed E-state index contributed by atoms with van der Waals surface area (Å²) in [4.78, 5) is 28.9. The number of aliphatic hydroxyl groups excluding tert-OH is 1. The maximum Gasteiger partial charge on any atom is 0.410 e. The molecule has 2 N–H and O–H groups in total. The van der Waals surface area contributed by atoms with Gasteiger partial charge in [0.1, 0.15) is 5.60 Å². The van der Waals surface area contributed by atoms with Gasteiger partial charge in [0, 0.05) is 68.8 Å². The number of aromatic nitrogens is 2. The normalized spacial score (nSPS) is 23.2. The molecule has 0 aliphatic carbocycles. The standard InChI is InChI=1S/C24H30ClN3O2.C19H22ClN3.CH4O.ClH/c1-24(2,3)30-23(29)27-13-11-18-14-28(16-19(18)15-27)22(21-6-4-5-12-26-21)17-7-9-20(25)10-8-17;20-17-6-4-14(5-7-17)19(18-3-1-2-9-22-18)23-12-15-8-10-21-11-16(15)13-23;1-2;/h4-10,12,18-19,22H,11,13-16H2,1-3H3;1-7,9,15-16,19,21H,8,10-13H2;2H,1H3;1H. The highest BCUT2D eigenvalue weighted by Gasteiger charge is 2.42. The highest BCUT2D eigenvalue weighted by molar-refractivity contribution is 6.30. The Labute approximate surface area is 349 Å². The van der Waals surface area contributed by atoms with E-state index in [2.05, 4.69) is 67.5 Å². The van der Waals surface area contributed by atoms with Gasteiger partial charge in [-0.3, -0.25) is 19.8 Å². The van der Waals surface area contributed by atoms with E-state index in [1.165, 1.54) is 17.5 Å². The van der Waals surface area contributed by atoms with Gasteiger partial charge in [-0.25, -0.2) is 4.79 Å². The van der Waals surface area contributed by atoms with Gasteiger partial charge < -0.3 is 20.1 Å². The van der Waals surface area contributed by atoms with Crippen LogP contribution >= 0.6 is 35.6 Å². The van der Waals surface area contributed by atoms with Crippen LogP contribution in [0.5, 0.6) is 0 Å². The fraction of sp³-hybridized carbons (Fsp3) is 0.477. The third-order valence-electron chi connectivity index (χ3n) is 11.2. The van der Waals surface area contributed by atoms with E-state index in [4.69, 9.17) is 33.0 Å². The quantitative estimate of drug-likeness (QED) is 0.200. The molecule has 4 aliphatic rings. The Bertz CT molecular complexity index is 1770. The minimum atomic E-state index is -0.464. The molecular weight excluding hydrogens is 767 g/mol. The highest BCUT2D eigenvalue weighted by atomic mass is 35.5. The summed E-state index contributed by atoms with van der Waals surface area (Å²) in [6.07, 6.45) is 5.85. The third kappa shape index (κ3) is 11.2. The number of carbonyl (C=O) groups is 1. The Hall–Kier alpha value is -3.28. The van der Waals surface area contributed by atoms with Gasteiger partial charge in [0.2, 0.25) is 0 Å². The zero-order valence-corrected chi connectivity index (χ0v) is 35.3. The Morgan fingerprint density at radius 1 is 0.714 bits per heavy atom. The molecule has 6 atom stereocenters. The minimum absolute atomic E-state index is 0. The lowest BCUT2D eigenvalue weighted by molar-refractivity contribution is 0.0139. The van der Waals surface area contributed by atoms with Crippen LogP contribution in [-0.4, -0.2) is 101 Å². The molecule has 56 heavy (non-hydrogen) atoms. The van der Waals surface area contributed by atoms with Crippen molar-refractivity contribution in [3.8, 4) is 0 Å². The molecule has 1 amide bonds. The number of piperidine rings is 2. The Kier molecular flexibility index (Phi) is 16.0. The molecule has 12 heteroatoms. The second-order valence-electron chi connectivity index (χ2n) is 16.1. The largest absolute Gasteiger partial charge is 0.444 e. The molecule has 4 saturated heterocycles. The Balaban J connectivity index is 0.000000208. The molecule has 6 unspecified atom stereocenters. The number of rotatable bonds is 6. The van der Waals surface area contributed by atoms with Crippen LogP contribution in [0.15, 0.2) is 97.3 Å². The second kappa shape index (κ2) is 20.4. The first-order valence-corrected chi connectivity index (χ1v) is 20.3. The van der Waals surface area contributed by atoms with E-state index in [0.717, 1.165) is 99.2 Å². The summed E-state index contributed by atoms with van der Waals surface area (Å²) in [5.74, 6) is 2.61. The highest BCUT2D eigenvalue weighted by Crippen LogP contribution is 2.39. The number of hydrogen-bond donors (Lipinski definition) is 2. The summed E-state index contributed by atoms with van der Waals surface area (Å²) in [5, 5.41) is 12.1. The van der Waals surface area contributed by atoms with Crippen molar-refractivity contribution in [1.82, 2.24) is 30.0 Å². The molecule has 8 rings (SSSR count). The van der Waals surface area contributed by atoms with Crippen molar-refractivity contribution in [3.63, 3.8) is 0 Å². The van der Waals surface area contributed by atoms with E-state index in [1.807, 2.05) is 80.5 Å². The lowest BCUT2D eigenvalue weighted by Crippen LogP contribution is -2.45. The second-order valence-corrected chi connectivity index (χ2v) is 16.9. The fourth-order valence-corrected chi connectivity index (χ4v) is 8.98. The van der Waals surface area contributed by atoms with Crippen LogP contribution in [0.25, 0.3) is 0 Å². The summed E-state index contributed by atoms with van der Waals surface area (Å²) >= 11 is 12.2. The molecule has 6 heterocycles. The first-order valence-electron chi connectivity index (χ1n) is 19.6. The molecule has 302 valence electrons. The van der Waals surface area contributed by atoms with Gasteiger partial charge in [-0.05, 0) is 130 Å². The molecule has 0 radical (unpaired) electrons. The third-order valence-corrected chi connectivity index (χ3v) is 11.7. The number of amides is 1. The van der Waals surface area contributed by atoms with Gasteiger partial charge in [0.15, 0.2) is 0 Å². The van der Waals surface area contributed by atoms with E-state index >= 15 is 0 Å². The maximum atomic E-state index is 12.6. The number of aliphatic hydroxyl groups is 1. The van der Waals surface area contributed by atoms with E-state index in [9.17, 15) is 4.79 Å². The van der Waals surface area contributed by atoms with Crippen molar-refractivity contribution in [2.45, 2.75) is 51.3 Å². The summed E-state index contributed by atoms with van der Waals surface area (Å²) in [5.41, 5.74) is 4.18. The SMILES string of the molecule is CC(C)(C)OC(=O)N1CCC2CN(C(c3ccc(Cl)cc3)c3ccccn3)CC2C1.CO.Cl.Clc1ccc(C(c2ccccn2)N2CC3CCNCC3C2)cc1. The smallest absolute Gasteiger partial charge is 0.410 e. The van der Waals surface area contributed by atoms with Crippen molar-refractivity contribution in [2.24, 2.45) is 23.7 Å². The monoisotopic (exact) mass is 822 g/mol. The average Bonchev–Trinajstić information content (AvgIpc) is 3.82. The zero-order valence-electron chi connectivity index (χ0n) is 32.9. The summed E-state index contributed by atoms with van der Waals surface area (Å²) in [6, 6.07) is 28.9. The summed E-state index contributed by atoms with van der Waals surface area (Å²) in [6.45, 7) is 13.8. The number of carbonyl (C=O) groups excluding carboxylic acids is 1. The molecule has 4 aliphatic heterocycles. The summed E-state index contributed by atoms with van der Waals surface area (Å²) < 4.78 is 5.60. The number of nitrogens with zero attached hydrogens (tertiary/aromatic N) is 5. The minimum Gasteiger partial charge on any atom is -0.444 e. The van der Waals surface area contributed by atoms with Crippen LogP contribution in [0.1, 0.15) is 68.2 Å². The van der Waals surface area contributed by atoms with Crippen LogP contribution < -0.4 is 5.32 Å². The van der Waals surface area contributed by atoms with Gasteiger partial charge in [-0.1, -0.05) is 59.6 Å². The van der Waals surface area contributed by atoms with Crippen molar-refractivity contribution in [1.29, 1.82) is 0 Å². The van der Waals surface area contributed by atoms with E-state index in [1.54, 1.807) is 0 Å². The lowest BCUT2D eigenvalue weighted by Gasteiger charge is -2.35. The average molecular weight is 824 g/mol. The number of hydrogen-bond acceptors (Lipinski definition) is 8. The number of pyridine rings is 2. The van der Waals surface area contributed by atoms with Crippen LogP contribution in [0.3, 0.4) is 0 Å². The van der Waals surface area contributed by atoms with Crippen LogP contribution in [0, 0.1) is 23.7 Å². The topological polar surface area (TPSA) is 94.1 Å². The molecule has 4 fully saturated rings. The molecule has 0 bridgehead atoms. The number of fused-ring (bicyclic) bond motifs is 2. The van der Waals surface area contributed by atoms with E-state index < -0.39 is 5.60 Å². The lowest BCUT2D eigenvalue weighted by atomic mass is 9.89. The summed E-state index contributed by atoms with van der Waals surface area (Å²) in [7, 11) is 1.00.